The molecule has 8 heteroatoms. The Morgan fingerprint density at radius 3 is 2.57 bits per heavy atom. The van der Waals surface area contributed by atoms with E-state index in [-0.39, 0.29) is 10.8 Å². The first kappa shape index (κ1) is 17.2. The minimum absolute atomic E-state index is 0.0556. The molecule has 0 spiro atoms. The van der Waals surface area contributed by atoms with Gasteiger partial charge in [-0.1, -0.05) is 35.9 Å². The van der Waals surface area contributed by atoms with Gasteiger partial charge in [-0.3, -0.25) is 5.43 Å². The molecule has 0 unspecified atom stereocenters. The monoisotopic (exact) mass is 357 g/mol. The zero-order valence-corrected chi connectivity index (χ0v) is 13.1. The van der Waals surface area contributed by atoms with E-state index >= 15 is 0 Å². The second-order valence-electron chi connectivity index (χ2n) is 4.42. The molecule has 2 N–H and O–H groups in total. The van der Waals surface area contributed by atoms with Gasteiger partial charge in [0.25, 0.3) is 0 Å². The number of alkyl halides is 3. The van der Waals surface area contributed by atoms with Gasteiger partial charge in [0.15, 0.2) is 5.11 Å². The van der Waals surface area contributed by atoms with E-state index in [0.29, 0.717) is 5.02 Å². The van der Waals surface area contributed by atoms with Crippen LogP contribution in [0.2, 0.25) is 5.02 Å². The predicted molar refractivity (Wildman–Crippen MR) is 89.8 cm³/mol. The maximum atomic E-state index is 12.9. The lowest BCUT2D eigenvalue weighted by molar-refractivity contribution is -0.136. The van der Waals surface area contributed by atoms with Gasteiger partial charge in [-0.05, 0) is 42.0 Å². The molecule has 0 amide bonds. The van der Waals surface area contributed by atoms with Crippen LogP contribution in [0.5, 0.6) is 0 Å². The molecule has 0 aliphatic rings. The van der Waals surface area contributed by atoms with Gasteiger partial charge in [-0.25, -0.2) is 0 Å². The van der Waals surface area contributed by atoms with Crippen LogP contribution in [-0.4, -0.2) is 11.3 Å². The maximum Gasteiger partial charge on any atom is 0.418 e. The van der Waals surface area contributed by atoms with Crippen LogP contribution in [0.25, 0.3) is 0 Å². The summed E-state index contributed by atoms with van der Waals surface area (Å²) in [5.41, 5.74) is 2.24. The summed E-state index contributed by atoms with van der Waals surface area (Å²) in [5, 5.41) is 6.82. The van der Waals surface area contributed by atoms with Gasteiger partial charge < -0.3 is 5.32 Å². The first-order chi connectivity index (χ1) is 10.9. The molecule has 0 aliphatic heterocycles. The molecule has 2 aromatic carbocycles. The fraction of sp³-hybridized carbons (Fsp3) is 0.0667. The standard InChI is InChI=1S/C15H11ClF3N3S/c16-11-5-3-4-10(8-11)9-20-22-14(23)21-13-7-2-1-6-12(13)15(17,18)19/h1-9H,(H2,21,22,23)/b20-9+. The number of rotatable bonds is 3. The molecule has 0 fully saturated rings. The highest BCUT2D eigenvalue weighted by molar-refractivity contribution is 7.80. The number of thiocarbonyl (C=S) groups is 1. The lowest BCUT2D eigenvalue weighted by atomic mass is 10.2. The SMILES string of the molecule is FC(F)(F)c1ccccc1NC(=S)N/N=C/c1cccc(Cl)c1. The van der Waals surface area contributed by atoms with Gasteiger partial charge in [0.2, 0.25) is 0 Å². The van der Waals surface area contributed by atoms with E-state index in [4.69, 9.17) is 23.8 Å². The number of nitrogens with one attached hydrogen (secondary N) is 2. The van der Waals surface area contributed by atoms with E-state index < -0.39 is 11.7 Å². The van der Waals surface area contributed by atoms with Gasteiger partial charge in [0, 0.05) is 5.02 Å². The molecule has 0 radical (unpaired) electrons. The Bertz CT molecular complexity index is 732. The Morgan fingerprint density at radius 2 is 1.87 bits per heavy atom. The normalized spacial score (nSPS) is 11.5. The van der Waals surface area contributed by atoms with Crippen LogP contribution in [0, 0.1) is 0 Å². The molecule has 2 aromatic rings. The summed E-state index contributed by atoms with van der Waals surface area (Å²) in [6, 6.07) is 12.0. The molecular weight excluding hydrogens is 347 g/mol. The summed E-state index contributed by atoms with van der Waals surface area (Å²) < 4.78 is 38.6. The van der Waals surface area contributed by atoms with Gasteiger partial charge in [0.1, 0.15) is 0 Å². The zero-order valence-electron chi connectivity index (χ0n) is 11.6. The second kappa shape index (κ2) is 7.43. The van der Waals surface area contributed by atoms with E-state index in [9.17, 15) is 13.2 Å². The lowest BCUT2D eigenvalue weighted by Gasteiger charge is -2.14. The average molecular weight is 358 g/mol. The van der Waals surface area contributed by atoms with Crippen molar-refractivity contribution in [3.63, 3.8) is 0 Å². The smallest absolute Gasteiger partial charge is 0.331 e. The number of hydrogen-bond acceptors (Lipinski definition) is 2. The highest BCUT2D eigenvalue weighted by Crippen LogP contribution is 2.34. The number of benzene rings is 2. The minimum Gasteiger partial charge on any atom is -0.331 e. The number of anilines is 1. The Balaban J connectivity index is 2.01. The van der Waals surface area contributed by atoms with Crippen LogP contribution < -0.4 is 10.7 Å². The molecular formula is C15H11ClF3N3S. The molecule has 2 rings (SSSR count). The zero-order chi connectivity index (χ0) is 16.9. The maximum absolute atomic E-state index is 12.9. The summed E-state index contributed by atoms with van der Waals surface area (Å²) in [6.07, 6.45) is -3.02. The fourth-order valence-corrected chi connectivity index (χ4v) is 2.10. The molecule has 120 valence electrons. The van der Waals surface area contributed by atoms with Crippen molar-refractivity contribution in [2.75, 3.05) is 5.32 Å². The van der Waals surface area contributed by atoms with Crippen molar-refractivity contribution in [1.82, 2.24) is 5.43 Å². The van der Waals surface area contributed by atoms with E-state index in [2.05, 4.69) is 15.8 Å². The molecule has 0 atom stereocenters. The number of halogens is 4. The van der Waals surface area contributed by atoms with E-state index in [0.717, 1.165) is 11.6 Å². The first-order valence-electron chi connectivity index (χ1n) is 6.38. The fourth-order valence-electron chi connectivity index (χ4n) is 1.74. The molecule has 0 saturated carbocycles. The third kappa shape index (κ3) is 5.22. The van der Waals surface area contributed by atoms with Crippen LogP contribution >= 0.6 is 23.8 Å². The van der Waals surface area contributed by atoms with Crippen LogP contribution in [0.15, 0.2) is 53.6 Å². The number of para-hydroxylation sites is 1. The quantitative estimate of drug-likeness (QED) is 0.476. The Labute approximate surface area is 141 Å². The minimum atomic E-state index is -4.47. The summed E-state index contributed by atoms with van der Waals surface area (Å²) in [6.45, 7) is 0. The van der Waals surface area contributed by atoms with Crippen molar-refractivity contribution in [2.45, 2.75) is 6.18 Å². The van der Waals surface area contributed by atoms with Crippen LogP contribution in [0.3, 0.4) is 0 Å². The highest BCUT2D eigenvalue weighted by Gasteiger charge is 2.33. The van der Waals surface area contributed by atoms with Crippen molar-refractivity contribution in [3.8, 4) is 0 Å². The summed E-state index contributed by atoms with van der Waals surface area (Å²) in [5.74, 6) is 0. The molecule has 0 aromatic heterocycles. The van der Waals surface area contributed by atoms with E-state index in [1.54, 1.807) is 24.3 Å². The second-order valence-corrected chi connectivity index (χ2v) is 5.27. The van der Waals surface area contributed by atoms with Gasteiger partial charge >= 0.3 is 6.18 Å². The molecule has 0 aliphatic carbocycles. The third-order valence-corrected chi connectivity index (χ3v) is 3.14. The van der Waals surface area contributed by atoms with Gasteiger partial charge in [-0.15, -0.1) is 0 Å². The summed E-state index contributed by atoms with van der Waals surface area (Å²) in [7, 11) is 0. The van der Waals surface area contributed by atoms with Crippen LogP contribution in [0.4, 0.5) is 18.9 Å². The van der Waals surface area contributed by atoms with Crippen LogP contribution in [-0.2, 0) is 6.18 Å². The summed E-state index contributed by atoms with van der Waals surface area (Å²) >= 11 is 10.8. The van der Waals surface area contributed by atoms with Crippen molar-refractivity contribution in [1.29, 1.82) is 0 Å². The topological polar surface area (TPSA) is 36.4 Å². The molecule has 0 heterocycles. The number of hydrazone groups is 1. The van der Waals surface area contributed by atoms with Crippen molar-refractivity contribution in [2.24, 2.45) is 5.10 Å². The summed E-state index contributed by atoms with van der Waals surface area (Å²) in [4.78, 5) is 0. The number of hydrogen-bond donors (Lipinski definition) is 2. The first-order valence-corrected chi connectivity index (χ1v) is 7.17. The predicted octanol–water partition coefficient (Wildman–Crippen LogP) is 4.68. The van der Waals surface area contributed by atoms with Crippen molar-refractivity contribution in [3.05, 3.63) is 64.7 Å². The number of nitrogens with zero attached hydrogens (tertiary/aromatic N) is 1. The molecule has 0 saturated heterocycles. The molecule has 0 bridgehead atoms. The Hall–Kier alpha value is -2.12. The Morgan fingerprint density at radius 1 is 1.13 bits per heavy atom. The Kier molecular flexibility index (Phi) is 5.57. The molecule has 3 nitrogen and oxygen atoms in total. The largest absolute Gasteiger partial charge is 0.418 e. The lowest BCUT2D eigenvalue weighted by Crippen LogP contribution is -2.25. The van der Waals surface area contributed by atoms with E-state index in [1.807, 2.05) is 0 Å². The van der Waals surface area contributed by atoms with Gasteiger partial charge in [-0.2, -0.15) is 18.3 Å². The van der Waals surface area contributed by atoms with E-state index in [1.165, 1.54) is 24.4 Å². The van der Waals surface area contributed by atoms with Gasteiger partial charge in [0.05, 0.1) is 17.5 Å². The molecule has 23 heavy (non-hydrogen) atoms. The average Bonchev–Trinajstić information content (AvgIpc) is 2.47. The highest BCUT2D eigenvalue weighted by atomic mass is 35.5. The van der Waals surface area contributed by atoms with Crippen molar-refractivity contribution >= 4 is 40.8 Å². The van der Waals surface area contributed by atoms with Crippen LogP contribution in [0.1, 0.15) is 11.1 Å². The van der Waals surface area contributed by atoms with Crippen molar-refractivity contribution < 1.29 is 13.2 Å². The third-order valence-electron chi connectivity index (χ3n) is 2.71.